The number of carbonyl (C=O) groups excluding carboxylic acids is 2. The monoisotopic (exact) mass is 519 g/mol. The average molecular weight is 520 g/mol. The molecular weight excluding hydrogens is 490 g/mol. The number of nitrogens with one attached hydrogen (secondary N) is 2. The second-order valence-corrected chi connectivity index (χ2v) is 8.17. The Morgan fingerprint density at radius 2 is 1.76 bits per heavy atom. The minimum atomic E-state index is -4.46. The van der Waals surface area contributed by atoms with E-state index in [4.69, 9.17) is 4.74 Å². The van der Waals surface area contributed by atoms with E-state index in [1.54, 1.807) is 23.6 Å². The normalized spacial score (nSPS) is 10.7. The third-order valence-electron chi connectivity index (χ3n) is 5.20. The third kappa shape index (κ3) is 9.91. The van der Waals surface area contributed by atoms with Crippen LogP contribution in [0.1, 0.15) is 46.6 Å². The number of benzene rings is 2. The van der Waals surface area contributed by atoms with Crippen molar-refractivity contribution in [2.45, 2.75) is 46.9 Å². The number of anilines is 1. The van der Waals surface area contributed by atoms with Crippen LogP contribution >= 0.6 is 0 Å². The van der Waals surface area contributed by atoms with Gasteiger partial charge in [-0.05, 0) is 73.4 Å². The number of aryl methyl sites for hydroxylation is 3. The van der Waals surface area contributed by atoms with E-state index in [0.29, 0.717) is 17.8 Å². The SMILES string of the molecule is CCc1ccc(C(=O)NCC(F)(F)F)cc1NC(C)=O.Cc1ccc(OCc2ncccc2F)cc1C. The lowest BCUT2D eigenvalue weighted by molar-refractivity contribution is -0.123. The number of halogens is 4. The molecule has 3 aromatic rings. The van der Waals surface area contributed by atoms with Crippen molar-refractivity contribution >= 4 is 17.5 Å². The summed E-state index contributed by atoms with van der Waals surface area (Å²) in [5, 5.41) is 4.33. The van der Waals surface area contributed by atoms with Crippen LogP contribution in [-0.2, 0) is 17.8 Å². The summed E-state index contributed by atoms with van der Waals surface area (Å²) < 4.78 is 54.9. The summed E-state index contributed by atoms with van der Waals surface area (Å²) in [6.45, 7) is 5.99. The van der Waals surface area contributed by atoms with Crippen molar-refractivity contribution in [1.29, 1.82) is 0 Å². The molecule has 2 N–H and O–H groups in total. The maximum Gasteiger partial charge on any atom is 0.405 e. The van der Waals surface area contributed by atoms with Crippen molar-refractivity contribution in [1.82, 2.24) is 10.3 Å². The van der Waals surface area contributed by atoms with Crippen LogP contribution in [0.4, 0.5) is 23.2 Å². The van der Waals surface area contributed by atoms with Crippen LogP contribution in [0, 0.1) is 19.7 Å². The molecule has 6 nitrogen and oxygen atoms in total. The predicted molar refractivity (Wildman–Crippen MR) is 133 cm³/mol. The van der Waals surface area contributed by atoms with Gasteiger partial charge in [0, 0.05) is 24.4 Å². The molecule has 0 bridgehead atoms. The molecule has 0 spiro atoms. The van der Waals surface area contributed by atoms with Crippen LogP contribution < -0.4 is 15.4 Å². The standard InChI is InChI=1S/C14H14FNO.C13H15F3N2O2/c1-10-5-6-12(8-11(10)2)17-9-14-13(15)4-3-7-16-14;1-3-9-4-5-10(6-11(9)18-8(2)19)12(20)17-7-13(14,15)16/h3-8H,9H2,1-2H3;4-6H,3,7H2,1-2H3,(H,17,20)(H,18,19). The van der Waals surface area contributed by atoms with Gasteiger partial charge in [-0.25, -0.2) is 4.39 Å². The van der Waals surface area contributed by atoms with Gasteiger partial charge in [-0.3, -0.25) is 14.6 Å². The van der Waals surface area contributed by atoms with Gasteiger partial charge in [0.2, 0.25) is 5.91 Å². The molecular formula is C27H29F4N3O3. The molecule has 37 heavy (non-hydrogen) atoms. The van der Waals surface area contributed by atoms with Crippen molar-refractivity contribution in [3.05, 3.63) is 88.5 Å². The molecule has 3 rings (SSSR count). The van der Waals surface area contributed by atoms with Gasteiger partial charge in [0.1, 0.15) is 30.4 Å². The summed E-state index contributed by atoms with van der Waals surface area (Å²) in [4.78, 5) is 26.6. The second kappa shape index (κ2) is 13.4. The Kier molecular flexibility index (Phi) is 10.6. The molecule has 2 amide bonds. The van der Waals surface area contributed by atoms with Gasteiger partial charge < -0.3 is 15.4 Å². The lowest BCUT2D eigenvalue weighted by Crippen LogP contribution is -2.33. The van der Waals surface area contributed by atoms with E-state index in [0.717, 1.165) is 16.9 Å². The number of aromatic nitrogens is 1. The quantitative estimate of drug-likeness (QED) is 0.380. The number of ether oxygens (including phenoxy) is 1. The van der Waals surface area contributed by atoms with Gasteiger partial charge in [0.15, 0.2) is 0 Å². The van der Waals surface area contributed by atoms with Gasteiger partial charge in [0.05, 0.1) is 0 Å². The number of rotatable bonds is 7. The highest BCUT2D eigenvalue weighted by molar-refractivity contribution is 5.97. The van der Waals surface area contributed by atoms with Crippen molar-refractivity contribution in [2.24, 2.45) is 0 Å². The molecule has 0 aliphatic carbocycles. The smallest absolute Gasteiger partial charge is 0.405 e. The largest absolute Gasteiger partial charge is 0.487 e. The topological polar surface area (TPSA) is 80.3 Å². The Balaban J connectivity index is 0.000000263. The Labute approximate surface area is 213 Å². The van der Waals surface area contributed by atoms with Crippen LogP contribution in [0.2, 0.25) is 0 Å². The fourth-order valence-corrected chi connectivity index (χ4v) is 3.09. The Hall–Kier alpha value is -3.95. The fraction of sp³-hybridized carbons (Fsp3) is 0.296. The van der Waals surface area contributed by atoms with Gasteiger partial charge in [-0.15, -0.1) is 0 Å². The molecule has 0 radical (unpaired) electrons. The lowest BCUT2D eigenvalue weighted by atomic mass is 10.1. The van der Waals surface area contributed by atoms with Gasteiger partial charge in [0.25, 0.3) is 5.91 Å². The third-order valence-corrected chi connectivity index (χ3v) is 5.20. The number of amides is 2. The maximum absolute atomic E-state index is 13.3. The Morgan fingerprint density at radius 1 is 1.03 bits per heavy atom. The summed E-state index contributed by atoms with van der Waals surface area (Å²) >= 11 is 0. The van der Waals surface area contributed by atoms with Crippen molar-refractivity contribution < 1.29 is 31.9 Å². The van der Waals surface area contributed by atoms with Gasteiger partial charge in [-0.1, -0.05) is 19.1 Å². The van der Waals surface area contributed by atoms with Crippen LogP contribution in [-0.4, -0.2) is 29.5 Å². The fourth-order valence-electron chi connectivity index (χ4n) is 3.09. The first-order valence-corrected chi connectivity index (χ1v) is 11.4. The summed E-state index contributed by atoms with van der Waals surface area (Å²) in [6.07, 6.45) is -2.28. The van der Waals surface area contributed by atoms with Gasteiger partial charge in [-0.2, -0.15) is 13.2 Å². The number of carbonyl (C=O) groups is 2. The highest BCUT2D eigenvalue weighted by Gasteiger charge is 2.28. The summed E-state index contributed by atoms with van der Waals surface area (Å²) in [5.74, 6) is -0.751. The van der Waals surface area contributed by atoms with Crippen molar-refractivity contribution in [3.8, 4) is 5.75 Å². The lowest BCUT2D eigenvalue weighted by Gasteiger charge is -2.12. The van der Waals surface area contributed by atoms with E-state index >= 15 is 0 Å². The molecule has 0 fully saturated rings. The maximum atomic E-state index is 13.3. The first-order chi connectivity index (χ1) is 17.4. The second-order valence-electron chi connectivity index (χ2n) is 8.17. The molecule has 1 aromatic heterocycles. The van der Waals surface area contributed by atoms with Crippen LogP contribution in [0.5, 0.6) is 5.75 Å². The Morgan fingerprint density at radius 3 is 2.35 bits per heavy atom. The van der Waals surface area contributed by atoms with E-state index < -0.39 is 18.6 Å². The van der Waals surface area contributed by atoms with Crippen molar-refractivity contribution in [3.63, 3.8) is 0 Å². The average Bonchev–Trinajstić information content (AvgIpc) is 2.83. The van der Waals surface area contributed by atoms with E-state index in [-0.39, 0.29) is 23.9 Å². The zero-order valence-electron chi connectivity index (χ0n) is 21.0. The van der Waals surface area contributed by atoms with E-state index in [1.165, 1.54) is 30.7 Å². The van der Waals surface area contributed by atoms with Crippen LogP contribution in [0.15, 0.2) is 54.7 Å². The molecule has 198 valence electrons. The first kappa shape index (κ1) is 29.3. The molecule has 0 aliphatic rings. The highest BCUT2D eigenvalue weighted by Crippen LogP contribution is 2.20. The summed E-state index contributed by atoms with van der Waals surface area (Å²) in [7, 11) is 0. The number of nitrogens with zero attached hydrogens (tertiary/aromatic N) is 1. The van der Waals surface area contributed by atoms with E-state index in [9.17, 15) is 27.2 Å². The van der Waals surface area contributed by atoms with E-state index in [1.807, 2.05) is 39.0 Å². The van der Waals surface area contributed by atoms with E-state index in [2.05, 4.69) is 10.3 Å². The molecule has 0 saturated carbocycles. The first-order valence-electron chi connectivity index (χ1n) is 11.4. The molecule has 2 aromatic carbocycles. The summed E-state index contributed by atoms with van der Waals surface area (Å²) in [6, 6.07) is 13.1. The summed E-state index contributed by atoms with van der Waals surface area (Å²) in [5.41, 5.74) is 3.98. The predicted octanol–water partition coefficient (Wildman–Crippen LogP) is 5.92. The molecule has 0 aliphatic heterocycles. The van der Waals surface area contributed by atoms with Crippen LogP contribution in [0.3, 0.4) is 0 Å². The molecule has 0 atom stereocenters. The number of hydrogen-bond donors (Lipinski definition) is 2. The highest BCUT2D eigenvalue weighted by atomic mass is 19.4. The van der Waals surface area contributed by atoms with Crippen LogP contribution in [0.25, 0.3) is 0 Å². The molecule has 0 unspecified atom stereocenters. The number of alkyl halides is 3. The zero-order valence-corrected chi connectivity index (χ0v) is 21.0. The van der Waals surface area contributed by atoms with Gasteiger partial charge >= 0.3 is 6.18 Å². The zero-order chi connectivity index (χ0) is 27.6. The molecule has 1 heterocycles. The molecule has 10 heteroatoms. The van der Waals surface area contributed by atoms with Crippen molar-refractivity contribution in [2.75, 3.05) is 11.9 Å². The number of hydrogen-bond acceptors (Lipinski definition) is 4. The molecule has 0 saturated heterocycles. The minimum absolute atomic E-state index is 0.0650. The minimum Gasteiger partial charge on any atom is -0.487 e. The number of pyridine rings is 1. The Bertz CT molecular complexity index is 1230.